The van der Waals surface area contributed by atoms with Gasteiger partial charge in [-0.05, 0) is 31.7 Å². The van der Waals surface area contributed by atoms with Gasteiger partial charge in [-0.2, -0.15) is 5.10 Å². The van der Waals surface area contributed by atoms with E-state index in [-0.39, 0.29) is 12.3 Å². The molecule has 1 heterocycles. The van der Waals surface area contributed by atoms with E-state index in [4.69, 9.17) is 0 Å². The number of carbonyl (C=O) groups is 1. The zero-order valence-corrected chi connectivity index (χ0v) is 14.1. The Balaban J connectivity index is 1.65. The third-order valence-corrected chi connectivity index (χ3v) is 4.93. The summed E-state index contributed by atoms with van der Waals surface area (Å²) in [5.74, 6) is 0.229. The Hall–Kier alpha value is -2.01. The minimum atomic E-state index is -0.0971. The summed E-state index contributed by atoms with van der Waals surface area (Å²) in [5, 5.41) is 7.34. The van der Waals surface area contributed by atoms with Crippen LogP contribution in [-0.2, 0) is 11.2 Å². The fourth-order valence-corrected chi connectivity index (χ4v) is 3.61. The molecule has 1 aromatic heterocycles. The summed E-state index contributed by atoms with van der Waals surface area (Å²) in [6.45, 7) is 1.94. The molecule has 2 aromatic rings. The number of hydrogen-bond donors (Lipinski definition) is 1. The molecule has 23 heavy (non-hydrogen) atoms. The summed E-state index contributed by atoms with van der Waals surface area (Å²) in [6.07, 6.45) is 4.70. The van der Waals surface area contributed by atoms with Gasteiger partial charge in [0.05, 0.1) is 17.1 Å². The van der Waals surface area contributed by atoms with Gasteiger partial charge in [-0.25, -0.2) is 10.4 Å². The van der Waals surface area contributed by atoms with E-state index in [1.54, 1.807) is 11.3 Å². The summed E-state index contributed by atoms with van der Waals surface area (Å²) in [6, 6.07) is 10.4. The molecular weight excluding hydrogens is 306 g/mol. The van der Waals surface area contributed by atoms with E-state index in [9.17, 15) is 4.79 Å². The summed E-state index contributed by atoms with van der Waals surface area (Å²) in [4.78, 5) is 16.4. The lowest BCUT2D eigenvalue weighted by Crippen LogP contribution is -2.25. The summed E-state index contributed by atoms with van der Waals surface area (Å²) < 4.78 is 0. The van der Waals surface area contributed by atoms with E-state index >= 15 is 0 Å². The van der Waals surface area contributed by atoms with Crippen LogP contribution >= 0.6 is 11.3 Å². The number of nitrogens with zero attached hydrogens (tertiary/aromatic N) is 2. The average Bonchev–Trinajstić information content (AvgIpc) is 2.99. The first-order chi connectivity index (χ1) is 11.2. The van der Waals surface area contributed by atoms with Crippen molar-refractivity contribution in [3.63, 3.8) is 0 Å². The molecule has 1 aliphatic rings. The van der Waals surface area contributed by atoms with Crippen LogP contribution in [0.15, 0.2) is 40.8 Å². The van der Waals surface area contributed by atoms with Crippen LogP contribution in [0.4, 0.5) is 0 Å². The third kappa shape index (κ3) is 4.26. The first kappa shape index (κ1) is 15.9. The van der Waals surface area contributed by atoms with Crippen LogP contribution in [0, 0.1) is 6.92 Å². The molecule has 0 spiro atoms. The van der Waals surface area contributed by atoms with Crippen LogP contribution in [0.3, 0.4) is 0 Å². The number of rotatable bonds is 4. The van der Waals surface area contributed by atoms with Gasteiger partial charge in [0.1, 0.15) is 0 Å². The normalized spacial score (nSPS) is 19.7. The molecule has 5 heteroatoms. The van der Waals surface area contributed by atoms with E-state index in [1.165, 1.54) is 12.0 Å². The smallest absolute Gasteiger partial charge is 0.246 e. The van der Waals surface area contributed by atoms with Crippen LogP contribution in [0.2, 0.25) is 0 Å². The second kappa shape index (κ2) is 7.51. The molecule has 1 N–H and O–H groups in total. The predicted octanol–water partition coefficient (Wildman–Crippen LogP) is 3.82. The Morgan fingerprint density at radius 3 is 2.91 bits per heavy atom. The minimum absolute atomic E-state index is 0.0971. The van der Waals surface area contributed by atoms with Crippen LogP contribution in [0.1, 0.15) is 47.9 Å². The molecule has 120 valence electrons. The van der Waals surface area contributed by atoms with E-state index in [0.717, 1.165) is 35.7 Å². The molecule has 1 fully saturated rings. The number of aryl methyl sites for hydroxylation is 1. The fraction of sp³-hybridized carbons (Fsp3) is 0.389. The van der Waals surface area contributed by atoms with Gasteiger partial charge in [0.25, 0.3) is 0 Å². The highest BCUT2D eigenvalue weighted by atomic mass is 32.1. The Morgan fingerprint density at radius 1 is 1.35 bits per heavy atom. The predicted molar refractivity (Wildman–Crippen MR) is 93.8 cm³/mol. The molecule has 1 saturated carbocycles. The topological polar surface area (TPSA) is 54.4 Å². The Labute approximate surface area is 140 Å². The van der Waals surface area contributed by atoms with Gasteiger partial charge < -0.3 is 0 Å². The lowest BCUT2D eigenvalue weighted by Gasteiger charge is -2.24. The van der Waals surface area contributed by atoms with Gasteiger partial charge in [-0.3, -0.25) is 4.79 Å². The summed E-state index contributed by atoms with van der Waals surface area (Å²) >= 11 is 1.56. The first-order valence-corrected chi connectivity index (χ1v) is 8.91. The molecular formula is C18H21N3OS. The maximum atomic E-state index is 12.1. The molecule has 0 aliphatic heterocycles. The molecule has 0 unspecified atom stereocenters. The van der Waals surface area contributed by atoms with Crippen molar-refractivity contribution < 1.29 is 4.79 Å². The molecule has 1 aliphatic carbocycles. The number of aromatic nitrogens is 1. The van der Waals surface area contributed by atoms with Crippen LogP contribution in [-0.4, -0.2) is 16.6 Å². The van der Waals surface area contributed by atoms with Crippen molar-refractivity contribution in [3.8, 4) is 0 Å². The van der Waals surface area contributed by atoms with Gasteiger partial charge in [0.15, 0.2) is 0 Å². The van der Waals surface area contributed by atoms with Crippen LogP contribution in [0.25, 0.3) is 0 Å². The van der Waals surface area contributed by atoms with Gasteiger partial charge in [0.2, 0.25) is 5.91 Å². The van der Waals surface area contributed by atoms with Crippen molar-refractivity contribution in [3.05, 3.63) is 52.0 Å². The highest BCUT2D eigenvalue weighted by Crippen LogP contribution is 2.30. The minimum Gasteiger partial charge on any atom is -0.273 e. The zero-order chi connectivity index (χ0) is 16.1. The fourth-order valence-electron chi connectivity index (χ4n) is 3.00. The molecule has 4 nitrogen and oxygen atoms in total. The number of hydrogen-bond acceptors (Lipinski definition) is 4. The summed E-state index contributed by atoms with van der Waals surface area (Å²) in [7, 11) is 0. The second-order valence-electron chi connectivity index (χ2n) is 5.88. The maximum Gasteiger partial charge on any atom is 0.246 e. The number of thiazole rings is 1. The Morgan fingerprint density at radius 2 is 2.17 bits per heavy atom. The maximum absolute atomic E-state index is 12.1. The van der Waals surface area contributed by atoms with Crippen LogP contribution in [0.5, 0.6) is 0 Å². The number of carbonyl (C=O) groups excluding carboxylic acids is 1. The molecule has 0 radical (unpaired) electrons. The van der Waals surface area contributed by atoms with Crippen molar-refractivity contribution >= 4 is 23.0 Å². The largest absolute Gasteiger partial charge is 0.273 e. The molecule has 1 aromatic carbocycles. The Kier molecular flexibility index (Phi) is 5.18. The number of benzene rings is 1. The molecule has 0 bridgehead atoms. The summed E-state index contributed by atoms with van der Waals surface area (Å²) in [5.41, 5.74) is 5.91. The van der Waals surface area contributed by atoms with Crippen molar-refractivity contribution in [1.29, 1.82) is 0 Å². The number of nitrogens with one attached hydrogen (secondary N) is 1. The van der Waals surface area contributed by atoms with Crippen molar-refractivity contribution in [2.45, 2.75) is 44.9 Å². The standard InChI is InChI=1S/C18H21N3OS/c1-13-19-15(12-23-13)11-18(22)21-20-17-10-6-5-9-16(17)14-7-3-2-4-8-14/h2-4,7-8,12,16H,5-6,9-11H2,1H3,(H,21,22)/t16-/m1/s1. The molecule has 0 saturated heterocycles. The highest BCUT2D eigenvalue weighted by Gasteiger charge is 2.22. The SMILES string of the molecule is Cc1nc(CC(=O)NN=C2CCCC[C@@H]2c2ccccc2)cs1. The van der Waals surface area contributed by atoms with Crippen LogP contribution < -0.4 is 5.43 Å². The van der Waals surface area contributed by atoms with E-state index in [0.29, 0.717) is 5.92 Å². The average molecular weight is 327 g/mol. The molecule has 3 rings (SSSR count). The lowest BCUT2D eigenvalue weighted by molar-refractivity contribution is -0.120. The quantitative estimate of drug-likeness (QED) is 0.868. The first-order valence-electron chi connectivity index (χ1n) is 8.03. The number of amides is 1. The Bertz CT molecular complexity index is 693. The van der Waals surface area contributed by atoms with E-state index < -0.39 is 0 Å². The third-order valence-electron chi connectivity index (χ3n) is 4.11. The second-order valence-corrected chi connectivity index (χ2v) is 6.94. The van der Waals surface area contributed by atoms with Gasteiger partial charge in [-0.1, -0.05) is 36.8 Å². The zero-order valence-electron chi connectivity index (χ0n) is 13.3. The monoisotopic (exact) mass is 327 g/mol. The van der Waals surface area contributed by atoms with Gasteiger partial charge in [-0.15, -0.1) is 11.3 Å². The van der Waals surface area contributed by atoms with Crippen molar-refractivity contribution in [1.82, 2.24) is 10.4 Å². The van der Waals surface area contributed by atoms with Crippen molar-refractivity contribution in [2.75, 3.05) is 0 Å². The van der Waals surface area contributed by atoms with Crippen molar-refractivity contribution in [2.24, 2.45) is 5.10 Å². The highest BCUT2D eigenvalue weighted by molar-refractivity contribution is 7.09. The number of hydrazone groups is 1. The van der Waals surface area contributed by atoms with Gasteiger partial charge >= 0.3 is 0 Å². The lowest BCUT2D eigenvalue weighted by atomic mass is 9.82. The molecule has 1 amide bonds. The van der Waals surface area contributed by atoms with E-state index in [1.807, 2.05) is 18.4 Å². The molecule has 1 atom stereocenters. The van der Waals surface area contributed by atoms with E-state index in [2.05, 4.69) is 39.8 Å². The van der Waals surface area contributed by atoms with Gasteiger partial charge in [0, 0.05) is 17.0 Å².